The Bertz CT molecular complexity index is 256. The molecule has 2 saturated carbocycles. The molecule has 0 saturated heterocycles. The first kappa shape index (κ1) is 14.3. The minimum absolute atomic E-state index is 0.312. The average Bonchev–Trinajstić information content (AvgIpc) is 2.33. The molecule has 2 atom stereocenters. The van der Waals surface area contributed by atoms with Crippen LogP contribution < -0.4 is 5.32 Å². The first-order chi connectivity index (χ1) is 8.50. The molecule has 0 aromatic heterocycles. The third kappa shape index (κ3) is 3.27. The Morgan fingerprint density at radius 1 is 1.17 bits per heavy atom. The number of hydrogen-bond donors (Lipinski definition) is 1. The summed E-state index contributed by atoms with van der Waals surface area (Å²) in [6.07, 6.45) is 8.69. The highest BCUT2D eigenvalue weighted by Crippen LogP contribution is 2.43. The zero-order valence-corrected chi connectivity index (χ0v) is 12.7. The maximum absolute atomic E-state index is 6.03. The molecule has 1 N–H and O–H groups in total. The Morgan fingerprint density at radius 2 is 1.83 bits per heavy atom. The van der Waals surface area contributed by atoms with Gasteiger partial charge < -0.3 is 10.1 Å². The van der Waals surface area contributed by atoms with E-state index in [0.29, 0.717) is 23.5 Å². The minimum atomic E-state index is 0.312. The quantitative estimate of drug-likeness (QED) is 0.805. The van der Waals surface area contributed by atoms with Gasteiger partial charge in [0.25, 0.3) is 0 Å². The summed E-state index contributed by atoms with van der Waals surface area (Å²) in [6, 6.07) is 1.44. The van der Waals surface area contributed by atoms with Crippen molar-refractivity contribution in [2.45, 2.75) is 84.4 Å². The fourth-order valence-electron chi connectivity index (χ4n) is 3.31. The Hall–Kier alpha value is -0.0800. The largest absolute Gasteiger partial charge is 0.377 e. The molecule has 0 aliphatic heterocycles. The molecular weight excluding hydrogens is 222 g/mol. The fourth-order valence-corrected chi connectivity index (χ4v) is 3.31. The summed E-state index contributed by atoms with van der Waals surface area (Å²) in [5.74, 6) is 0.645. The van der Waals surface area contributed by atoms with Crippen molar-refractivity contribution in [1.29, 1.82) is 0 Å². The summed E-state index contributed by atoms with van der Waals surface area (Å²) in [5, 5.41) is 3.88. The smallest absolute Gasteiger partial charge is 0.0656 e. The molecule has 2 nitrogen and oxygen atoms in total. The normalized spacial score (nSPS) is 32.5. The minimum Gasteiger partial charge on any atom is -0.377 e. The molecule has 2 unspecified atom stereocenters. The van der Waals surface area contributed by atoms with E-state index in [1.807, 2.05) is 0 Å². The predicted octanol–water partition coefficient (Wildman–Crippen LogP) is 3.75. The van der Waals surface area contributed by atoms with E-state index in [9.17, 15) is 0 Å². The van der Waals surface area contributed by atoms with E-state index in [-0.39, 0.29) is 0 Å². The van der Waals surface area contributed by atoms with Crippen molar-refractivity contribution in [2.75, 3.05) is 6.61 Å². The highest BCUT2D eigenvalue weighted by Gasteiger charge is 2.49. The van der Waals surface area contributed by atoms with Crippen LogP contribution in [-0.2, 0) is 4.74 Å². The standard InChI is InChI=1S/C16H31NO/c1-12(2)11-18-15-10-14(16(15,3)4)17-13-8-6-5-7-9-13/h12-15,17H,5-11H2,1-4H3. The van der Waals surface area contributed by atoms with Crippen molar-refractivity contribution in [3.63, 3.8) is 0 Å². The van der Waals surface area contributed by atoms with E-state index in [2.05, 4.69) is 33.0 Å². The van der Waals surface area contributed by atoms with E-state index in [4.69, 9.17) is 4.74 Å². The van der Waals surface area contributed by atoms with Gasteiger partial charge in [0.05, 0.1) is 6.10 Å². The monoisotopic (exact) mass is 253 g/mol. The van der Waals surface area contributed by atoms with Gasteiger partial charge in [0.1, 0.15) is 0 Å². The van der Waals surface area contributed by atoms with Crippen molar-refractivity contribution >= 4 is 0 Å². The van der Waals surface area contributed by atoms with Crippen LogP contribution in [0.2, 0.25) is 0 Å². The van der Waals surface area contributed by atoms with Gasteiger partial charge >= 0.3 is 0 Å². The number of hydrogen-bond acceptors (Lipinski definition) is 2. The fraction of sp³-hybridized carbons (Fsp3) is 1.00. The lowest BCUT2D eigenvalue weighted by molar-refractivity contribution is -0.126. The molecule has 0 heterocycles. The van der Waals surface area contributed by atoms with Crippen molar-refractivity contribution in [1.82, 2.24) is 5.32 Å². The second kappa shape index (κ2) is 5.92. The SMILES string of the molecule is CC(C)COC1CC(NC2CCCCC2)C1(C)C. The Labute approximate surface area is 113 Å². The lowest BCUT2D eigenvalue weighted by Gasteiger charge is -2.53. The van der Waals surface area contributed by atoms with Gasteiger partial charge in [-0.25, -0.2) is 0 Å². The lowest BCUT2D eigenvalue weighted by Crippen LogP contribution is -2.63. The summed E-state index contributed by atoms with van der Waals surface area (Å²) in [5.41, 5.74) is 0.312. The number of ether oxygens (including phenoxy) is 1. The third-order valence-electron chi connectivity index (χ3n) is 4.85. The maximum atomic E-state index is 6.03. The highest BCUT2D eigenvalue weighted by atomic mass is 16.5. The van der Waals surface area contributed by atoms with Gasteiger partial charge in [0, 0.05) is 24.1 Å². The molecule has 2 aliphatic carbocycles. The molecule has 18 heavy (non-hydrogen) atoms. The molecule has 2 fully saturated rings. The Balaban J connectivity index is 1.75. The molecule has 0 aromatic carbocycles. The van der Waals surface area contributed by atoms with Crippen LogP contribution in [-0.4, -0.2) is 24.8 Å². The zero-order chi connectivity index (χ0) is 13.2. The second-order valence-corrected chi connectivity index (χ2v) is 7.33. The van der Waals surface area contributed by atoms with Crippen LogP contribution in [0.15, 0.2) is 0 Å². The molecular formula is C16H31NO. The third-order valence-corrected chi connectivity index (χ3v) is 4.85. The van der Waals surface area contributed by atoms with Crippen LogP contribution in [0.25, 0.3) is 0 Å². The van der Waals surface area contributed by atoms with Crippen LogP contribution in [0.3, 0.4) is 0 Å². The molecule has 0 spiro atoms. The van der Waals surface area contributed by atoms with Crippen molar-refractivity contribution in [3.8, 4) is 0 Å². The summed E-state index contributed by atoms with van der Waals surface area (Å²) >= 11 is 0. The van der Waals surface area contributed by atoms with E-state index in [1.165, 1.54) is 38.5 Å². The van der Waals surface area contributed by atoms with Crippen molar-refractivity contribution in [2.24, 2.45) is 11.3 Å². The first-order valence-electron chi connectivity index (χ1n) is 7.88. The molecule has 0 radical (unpaired) electrons. The Morgan fingerprint density at radius 3 is 2.39 bits per heavy atom. The van der Waals surface area contributed by atoms with Gasteiger partial charge in [-0.15, -0.1) is 0 Å². The molecule has 0 aromatic rings. The van der Waals surface area contributed by atoms with E-state index >= 15 is 0 Å². The van der Waals surface area contributed by atoms with Gasteiger partial charge in [0.15, 0.2) is 0 Å². The van der Waals surface area contributed by atoms with Gasteiger partial charge in [0.2, 0.25) is 0 Å². The molecule has 2 rings (SSSR count). The van der Waals surface area contributed by atoms with E-state index in [0.717, 1.165) is 12.6 Å². The second-order valence-electron chi connectivity index (χ2n) is 7.33. The summed E-state index contributed by atoms with van der Waals surface area (Å²) in [7, 11) is 0. The van der Waals surface area contributed by atoms with Crippen molar-refractivity contribution in [3.05, 3.63) is 0 Å². The van der Waals surface area contributed by atoms with Crippen LogP contribution in [0.5, 0.6) is 0 Å². The van der Waals surface area contributed by atoms with Crippen LogP contribution in [0, 0.1) is 11.3 Å². The van der Waals surface area contributed by atoms with Crippen molar-refractivity contribution < 1.29 is 4.74 Å². The maximum Gasteiger partial charge on any atom is 0.0656 e. The molecule has 106 valence electrons. The molecule has 2 aliphatic rings. The number of nitrogens with one attached hydrogen (secondary N) is 1. The topological polar surface area (TPSA) is 21.3 Å². The molecule has 0 amide bonds. The van der Waals surface area contributed by atoms with Gasteiger partial charge in [-0.1, -0.05) is 47.0 Å². The average molecular weight is 253 g/mol. The van der Waals surface area contributed by atoms with E-state index < -0.39 is 0 Å². The predicted molar refractivity (Wildman–Crippen MR) is 76.8 cm³/mol. The zero-order valence-electron chi connectivity index (χ0n) is 12.7. The van der Waals surface area contributed by atoms with E-state index in [1.54, 1.807) is 0 Å². The van der Waals surface area contributed by atoms with Gasteiger partial charge in [-0.2, -0.15) is 0 Å². The summed E-state index contributed by atoms with van der Waals surface area (Å²) in [4.78, 5) is 0. The van der Waals surface area contributed by atoms with Crippen LogP contribution >= 0.6 is 0 Å². The Kier molecular flexibility index (Phi) is 4.71. The number of rotatable bonds is 5. The summed E-state index contributed by atoms with van der Waals surface area (Å²) < 4.78 is 6.03. The molecule has 0 bridgehead atoms. The summed E-state index contributed by atoms with van der Waals surface area (Å²) in [6.45, 7) is 10.1. The highest BCUT2D eigenvalue weighted by molar-refractivity contribution is 5.03. The first-order valence-corrected chi connectivity index (χ1v) is 7.88. The van der Waals surface area contributed by atoms with Gasteiger partial charge in [-0.05, 0) is 25.2 Å². The van der Waals surface area contributed by atoms with Crippen LogP contribution in [0.1, 0.15) is 66.2 Å². The van der Waals surface area contributed by atoms with Crippen LogP contribution in [0.4, 0.5) is 0 Å². The van der Waals surface area contributed by atoms with Gasteiger partial charge in [-0.3, -0.25) is 0 Å². The lowest BCUT2D eigenvalue weighted by atomic mass is 9.64. The molecule has 2 heteroatoms.